The number of carbonyl (C=O) groups is 2. The molecule has 0 bridgehead atoms. The number of rotatable bonds is 10. The highest BCUT2D eigenvalue weighted by molar-refractivity contribution is 5.89. The summed E-state index contributed by atoms with van der Waals surface area (Å²) in [6.45, 7) is 4.05. The maximum Gasteiger partial charge on any atom is 0.328 e. The van der Waals surface area contributed by atoms with E-state index in [-0.39, 0.29) is 13.2 Å². The molecule has 8 nitrogen and oxygen atoms in total. The Morgan fingerprint density at radius 3 is 1.18 bits per heavy atom. The van der Waals surface area contributed by atoms with Gasteiger partial charge in [-0.2, -0.15) is 0 Å². The number of nitrogens with zero attached hydrogens (tertiary/aromatic N) is 2. The van der Waals surface area contributed by atoms with Crippen molar-refractivity contribution in [1.29, 1.82) is 0 Å². The highest BCUT2D eigenvalue weighted by Crippen LogP contribution is 2.08. The molecule has 0 saturated heterocycles. The van der Waals surface area contributed by atoms with Crippen molar-refractivity contribution < 1.29 is 39.0 Å². The molecule has 0 heterocycles. The van der Waals surface area contributed by atoms with Crippen LogP contribution >= 0.6 is 0 Å². The summed E-state index contributed by atoms with van der Waals surface area (Å²) in [5, 5.41) is 33.4. The predicted molar refractivity (Wildman–Crippen MR) is 133 cm³/mol. The SMILES string of the molecule is C[N+](C)(CCO)Cc1ccccc1.C[N+](C)(CCO)Cc1ccccc1.O=C(O)/C=C/C(=O)O. The quantitative estimate of drug-likeness (QED) is 0.309. The second-order valence-corrected chi connectivity index (χ2v) is 9.06. The average Bonchev–Trinajstić information content (AvgIpc) is 2.74. The van der Waals surface area contributed by atoms with E-state index >= 15 is 0 Å². The van der Waals surface area contributed by atoms with E-state index in [1.165, 1.54) is 11.1 Å². The molecule has 0 spiro atoms. The number of hydrogen-bond donors (Lipinski definition) is 4. The third kappa shape index (κ3) is 17.5. The smallest absolute Gasteiger partial charge is 0.328 e. The van der Waals surface area contributed by atoms with Crippen LogP contribution in [0, 0.1) is 0 Å². The van der Waals surface area contributed by atoms with Gasteiger partial charge in [0.25, 0.3) is 0 Å². The molecule has 0 fully saturated rings. The van der Waals surface area contributed by atoms with E-state index in [0.717, 1.165) is 35.1 Å². The molecule has 0 aliphatic rings. The van der Waals surface area contributed by atoms with E-state index in [4.69, 9.17) is 20.4 Å². The predicted octanol–water partition coefficient (Wildman–Crippen LogP) is 2.22. The first-order valence-corrected chi connectivity index (χ1v) is 11.0. The second-order valence-electron chi connectivity index (χ2n) is 9.06. The Morgan fingerprint density at radius 2 is 0.941 bits per heavy atom. The first-order valence-electron chi connectivity index (χ1n) is 11.0. The number of carboxylic acid groups (broad SMARTS) is 2. The van der Waals surface area contributed by atoms with Crippen molar-refractivity contribution >= 4 is 11.9 Å². The van der Waals surface area contributed by atoms with Gasteiger partial charge in [-0.1, -0.05) is 60.7 Å². The van der Waals surface area contributed by atoms with Crippen molar-refractivity contribution in [3.63, 3.8) is 0 Å². The van der Waals surface area contributed by atoms with Gasteiger partial charge in [-0.05, 0) is 0 Å². The Hall–Kier alpha value is -3.04. The third-order valence-corrected chi connectivity index (χ3v) is 4.69. The fraction of sp³-hybridized carbons (Fsp3) is 0.385. The minimum atomic E-state index is -1.26. The second kappa shape index (κ2) is 16.6. The van der Waals surface area contributed by atoms with Gasteiger partial charge < -0.3 is 29.4 Å². The molecule has 0 aliphatic heterocycles. The van der Waals surface area contributed by atoms with Crippen LogP contribution in [-0.4, -0.2) is 95.8 Å². The Morgan fingerprint density at radius 1 is 0.647 bits per heavy atom. The van der Waals surface area contributed by atoms with Crippen LogP contribution in [0.1, 0.15) is 11.1 Å². The van der Waals surface area contributed by atoms with E-state index in [0.29, 0.717) is 12.2 Å². The fourth-order valence-corrected chi connectivity index (χ4v) is 3.00. The Bertz CT molecular complexity index is 781. The molecule has 34 heavy (non-hydrogen) atoms. The van der Waals surface area contributed by atoms with E-state index in [2.05, 4.69) is 52.5 Å². The zero-order valence-corrected chi connectivity index (χ0v) is 20.7. The fourth-order valence-electron chi connectivity index (χ4n) is 3.00. The van der Waals surface area contributed by atoms with Gasteiger partial charge in [-0.25, -0.2) is 9.59 Å². The van der Waals surface area contributed by atoms with Crippen LogP contribution < -0.4 is 0 Å². The Kier molecular flexibility index (Phi) is 15.1. The van der Waals surface area contributed by atoms with Gasteiger partial charge in [0.2, 0.25) is 0 Å². The molecule has 2 rings (SSSR count). The first kappa shape index (κ1) is 31.0. The highest BCUT2D eigenvalue weighted by Gasteiger charge is 2.14. The van der Waals surface area contributed by atoms with Gasteiger partial charge in [-0.3, -0.25) is 0 Å². The maximum absolute atomic E-state index is 9.55. The minimum Gasteiger partial charge on any atom is -0.478 e. The van der Waals surface area contributed by atoms with Crippen molar-refractivity contribution in [2.45, 2.75) is 13.1 Å². The summed E-state index contributed by atoms with van der Waals surface area (Å²) >= 11 is 0. The molecule has 2 aromatic carbocycles. The van der Waals surface area contributed by atoms with Crippen molar-refractivity contribution in [2.75, 3.05) is 54.5 Å². The molecule has 0 aromatic heterocycles. The normalized spacial score (nSPS) is 11.1. The van der Waals surface area contributed by atoms with Crippen LogP contribution in [0.3, 0.4) is 0 Å². The van der Waals surface area contributed by atoms with Crippen molar-refractivity contribution in [3.05, 3.63) is 83.9 Å². The summed E-state index contributed by atoms with van der Waals surface area (Å²) in [5.74, 6) is -2.51. The molecule has 0 saturated carbocycles. The van der Waals surface area contributed by atoms with Crippen LogP contribution in [0.2, 0.25) is 0 Å². The minimum absolute atomic E-state index is 0.250. The molecule has 4 N–H and O–H groups in total. The van der Waals surface area contributed by atoms with Gasteiger partial charge in [0.1, 0.15) is 26.2 Å². The van der Waals surface area contributed by atoms with Crippen LogP contribution in [-0.2, 0) is 22.7 Å². The van der Waals surface area contributed by atoms with Gasteiger partial charge >= 0.3 is 11.9 Å². The van der Waals surface area contributed by atoms with Crippen LogP contribution in [0.15, 0.2) is 72.8 Å². The molecule has 0 amide bonds. The highest BCUT2D eigenvalue weighted by atomic mass is 16.4. The summed E-state index contributed by atoms with van der Waals surface area (Å²) in [6, 6.07) is 20.7. The topological polar surface area (TPSA) is 115 Å². The molecule has 0 aliphatic carbocycles. The van der Waals surface area contributed by atoms with Gasteiger partial charge in [-0.15, -0.1) is 0 Å². The van der Waals surface area contributed by atoms with Gasteiger partial charge in [0.15, 0.2) is 0 Å². The monoisotopic (exact) mass is 476 g/mol. The lowest BCUT2D eigenvalue weighted by Gasteiger charge is -2.28. The van der Waals surface area contributed by atoms with Crippen molar-refractivity contribution in [3.8, 4) is 0 Å². The number of aliphatic hydroxyl groups is 2. The standard InChI is InChI=1S/2C11H18NO.C4H4O4/c2*1-12(2,8-9-13)10-11-6-4-3-5-7-11;5-3(6)1-2-4(7)8/h2*3-7,13H,8-10H2,1-2H3;1-2H,(H,5,6)(H,7,8)/q2*+1;/b;;2-1+. The van der Waals surface area contributed by atoms with Gasteiger partial charge in [0.05, 0.1) is 41.4 Å². The number of quaternary nitrogens is 2. The van der Waals surface area contributed by atoms with E-state index in [1.54, 1.807) is 0 Å². The molecule has 0 radical (unpaired) electrons. The zero-order chi connectivity index (χ0) is 26.0. The third-order valence-electron chi connectivity index (χ3n) is 4.69. The number of aliphatic carboxylic acids is 2. The van der Waals surface area contributed by atoms with Crippen molar-refractivity contribution in [2.24, 2.45) is 0 Å². The van der Waals surface area contributed by atoms with Crippen LogP contribution in [0.4, 0.5) is 0 Å². The maximum atomic E-state index is 9.55. The molecular weight excluding hydrogens is 436 g/mol. The first-order chi connectivity index (χ1) is 15.9. The lowest BCUT2D eigenvalue weighted by atomic mass is 10.2. The summed E-state index contributed by atoms with van der Waals surface area (Å²) in [7, 11) is 8.51. The Balaban J connectivity index is 0.000000497. The largest absolute Gasteiger partial charge is 0.478 e. The van der Waals surface area contributed by atoms with Crippen LogP contribution in [0.5, 0.6) is 0 Å². The molecule has 2 aromatic rings. The van der Waals surface area contributed by atoms with Crippen LogP contribution in [0.25, 0.3) is 0 Å². The Labute approximate surface area is 202 Å². The van der Waals surface area contributed by atoms with E-state index < -0.39 is 11.9 Å². The number of benzene rings is 2. The van der Waals surface area contributed by atoms with E-state index in [1.807, 2.05) is 36.4 Å². The molecule has 188 valence electrons. The van der Waals surface area contributed by atoms with E-state index in [9.17, 15) is 9.59 Å². The number of hydrogen-bond acceptors (Lipinski definition) is 4. The van der Waals surface area contributed by atoms with Gasteiger partial charge in [0, 0.05) is 23.3 Å². The summed E-state index contributed by atoms with van der Waals surface area (Å²) in [6.07, 6.45) is 1.12. The molecule has 0 atom stereocenters. The number of aliphatic hydroxyl groups excluding tert-OH is 2. The van der Waals surface area contributed by atoms with Crippen molar-refractivity contribution in [1.82, 2.24) is 0 Å². The number of carboxylic acids is 2. The molecule has 8 heteroatoms. The molecular formula is C26H40N2O6+2. The molecule has 0 unspecified atom stereocenters. The number of likely N-dealkylation sites (N-methyl/N-ethyl adjacent to an activating group) is 2. The lowest BCUT2D eigenvalue weighted by molar-refractivity contribution is -0.903. The zero-order valence-electron chi connectivity index (χ0n) is 20.7. The lowest BCUT2D eigenvalue weighted by Crippen LogP contribution is -2.41. The summed E-state index contributed by atoms with van der Waals surface area (Å²) in [4.78, 5) is 19.1. The average molecular weight is 477 g/mol. The summed E-state index contributed by atoms with van der Waals surface area (Å²) in [5.41, 5.74) is 2.64. The summed E-state index contributed by atoms with van der Waals surface area (Å²) < 4.78 is 1.67.